The predicted octanol–water partition coefficient (Wildman–Crippen LogP) is 5.95. The SMILES string of the molecule is CC(Sc1nnc(-c2ccco2)n1-c1ccccc1)C(=O)Nc1cc(Cl)cc(Cl)c1. The zero-order valence-electron chi connectivity index (χ0n) is 15.8. The summed E-state index contributed by atoms with van der Waals surface area (Å²) in [7, 11) is 0. The van der Waals surface area contributed by atoms with Gasteiger partial charge in [-0.15, -0.1) is 10.2 Å². The van der Waals surface area contributed by atoms with E-state index in [1.807, 2.05) is 41.0 Å². The third kappa shape index (κ3) is 4.53. The molecule has 152 valence electrons. The highest BCUT2D eigenvalue weighted by molar-refractivity contribution is 8.00. The Bertz CT molecular complexity index is 1140. The molecule has 2 heterocycles. The third-order valence-electron chi connectivity index (χ3n) is 4.17. The number of furan rings is 1. The van der Waals surface area contributed by atoms with Crippen molar-refractivity contribution < 1.29 is 9.21 Å². The van der Waals surface area contributed by atoms with Gasteiger partial charge in [0.15, 0.2) is 10.9 Å². The van der Waals surface area contributed by atoms with Crippen molar-refractivity contribution in [2.75, 3.05) is 5.32 Å². The Morgan fingerprint density at radius 2 is 1.80 bits per heavy atom. The van der Waals surface area contributed by atoms with Gasteiger partial charge in [-0.3, -0.25) is 9.36 Å². The van der Waals surface area contributed by atoms with Crippen molar-refractivity contribution in [1.82, 2.24) is 14.8 Å². The Labute approximate surface area is 187 Å². The van der Waals surface area contributed by atoms with E-state index in [9.17, 15) is 4.79 Å². The molecule has 1 N–H and O–H groups in total. The number of rotatable bonds is 6. The second-order valence-corrected chi connectivity index (χ2v) is 8.54. The Hall–Kier alpha value is -2.74. The summed E-state index contributed by atoms with van der Waals surface area (Å²) < 4.78 is 7.38. The van der Waals surface area contributed by atoms with E-state index in [1.165, 1.54) is 11.8 Å². The molecule has 0 radical (unpaired) electrons. The summed E-state index contributed by atoms with van der Waals surface area (Å²) in [6.07, 6.45) is 1.58. The molecule has 0 saturated carbocycles. The summed E-state index contributed by atoms with van der Waals surface area (Å²) in [6, 6.07) is 18.2. The van der Waals surface area contributed by atoms with Crippen molar-refractivity contribution in [3.8, 4) is 17.3 Å². The Balaban J connectivity index is 1.60. The number of amides is 1. The molecule has 1 amide bonds. The zero-order chi connectivity index (χ0) is 21.1. The van der Waals surface area contributed by atoms with Crippen LogP contribution in [0.5, 0.6) is 0 Å². The van der Waals surface area contributed by atoms with Gasteiger partial charge in [0.25, 0.3) is 0 Å². The number of carbonyl (C=O) groups is 1. The van der Waals surface area contributed by atoms with Gasteiger partial charge in [0.1, 0.15) is 0 Å². The number of hydrogen-bond acceptors (Lipinski definition) is 5. The quantitative estimate of drug-likeness (QED) is 0.361. The molecule has 0 aliphatic carbocycles. The molecule has 4 rings (SSSR count). The average Bonchev–Trinajstić information content (AvgIpc) is 3.37. The van der Waals surface area contributed by atoms with Crippen LogP contribution in [0.1, 0.15) is 6.92 Å². The molecule has 1 atom stereocenters. The van der Waals surface area contributed by atoms with Crippen molar-refractivity contribution >= 4 is 46.6 Å². The van der Waals surface area contributed by atoms with Crippen LogP contribution >= 0.6 is 35.0 Å². The Morgan fingerprint density at radius 3 is 2.47 bits per heavy atom. The normalized spacial score (nSPS) is 12.0. The smallest absolute Gasteiger partial charge is 0.237 e. The van der Waals surface area contributed by atoms with E-state index >= 15 is 0 Å². The minimum absolute atomic E-state index is 0.208. The number of thioether (sulfide) groups is 1. The molecule has 2 aromatic heterocycles. The van der Waals surface area contributed by atoms with Gasteiger partial charge in [0, 0.05) is 21.4 Å². The molecule has 1 unspecified atom stereocenters. The lowest BCUT2D eigenvalue weighted by Crippen LogP contribution is -2.22. The molecule has 0 fully saturated rings. The highest BCUT2D eigenvalue weighted by Crippen LogP contribution is 2.31. The van der Waals surface area contributed by atoms with Crippen LogP contribution in [0.2, 0.25) is 10.0 Å². The number of para-hydroxylation sites is 1. The number of halogens is 2. The zero-order valence-corrected chi connectivity index (χ0v) is 18.1. The maximum absolute atomic E-state index is 12.7. The molecule has 0 saturated heterocycles. The number of hydrogen-bond donors (Lipinski definition) is 1. The van der Waals surface area contributed by atoms with E-state index in [0.717, 1.165) is 5.69 Å². The molecule has 30 heavy (non-hydrogen) atoms. The fourth-order valence-corrected chi connectivity index (χ4v) is 4.20. The van der Waals surface area contributed by atoms with Crippen LogP contribution in [0, 0.1) is 0 Å². The van der Waals surface area contributed by atoms with E-state index in [1.54, 1.807) is 37.5 Å². The topological polar surface area (TPSA) is 73.0 Å². The van der Waals surface area contributed by atoms with Gasteiger partial charge in [-0.05, 0) is 49.4 Å². The number of nitrogens with one attached hydrogen (secondary N) is 1. The van der Waals surface area contributed by atoms with Crippen LogP contribution in [0.4, 0.5) is 5.69 Å². The van der Waals surface area contributed by atoms with E-state index in [4.69, 9.17) is 27.6 Å². The molecule has 0 bridgehead atoms. The highest BCUT2D eigenvalue weighted by Gasteiger charge is 2.23. The van der Waals surface area contributed by atoms with Gasteiger partial charge < -0.3 is 9.73 Å². The average molecular weight is 459 g/mol. The van der Waals surface area contributed by atoms with Gasteiger partial charge in [-0.2, -0.15) is 0 Å². The van der Waals surface area contributed by atoms with Gasteiger partial charge in [-0.1, -0.05) is 53.2 Å². The largest absolute Gasteiger partial charge is 0.461 e. The minimum atomic E-state index is -0.459. The van der Waals surface area contributed by atoms with Crippen molar-refractivity contribution in [1.29, 1.82) is 0 Å². The van der Waals surface area contributed by atoms with Crippen molar-refractivity contribution in [2.45, 2.75) is 17.3 Å². The van der Waals surface area contributed by atoms with Crippen molar-refractivity contribution in [2.24, 2.45) is 0 Å². The van der Waals surface area contributed by atoms with Crippen LogP contribution < -0.4 is 5.32 Å². The van der Waals surface area contributed by atoms with Crippen molar-refractivity contribution in [3.05, 3.63) is 77.0 Å². The number of anilines is 1. The summed E-state index contributed by atoms with van der Waals surface area (Å²) in [4.78, 5) is 12.7. The van der Waals surface area contributed by atoms with Crippen LogP contribution in [-0.4, -0.2) is 25.9 Å². The molecule has 0 spiro atoms. The molecule has 0 aliphatic rings. The number of carbonyl (C=O) groups excluding carboxylic acids is 1. The highest BCUT2D eigenvalue weighted by atomic mass is 35.5. The third-order valence-corrected chi connectivity index (χ3v) is 5.65. The fourth-order valence-electron chi connectivity index (χ4n) is 2.80. The lowest BCUT2D eigenvalue weighted by molar-refractivity contribution is -0.115. The molecule has 0 aliphatic heterocycles. The molecule has 2 aromatic carbocycles. The van der Waals surface area contributed by atoms with Gasteiger partial charge >= 0.3 is 0 Å². The molecule has 9 heteroatoms. The first-order valence-electron chi connectivity index (χ1n) is 8.99. The summed E-state index contributed by atoms with van der Waals surface area (Å²) in [5, 5.41) is 12.4. The Morgan fingerprint density at radius 1 is 1.07 bits per heavy atom. The van der Waals surface area contributed by atoms with Gasteiger partial charge in [0.2, 0.25) is 11.7 Å². The summed E-state index contributed by atoms with van der Waals surface area (Å²) in [5.41, 5.74) is 1.40. The maximum Gasteiger partial charge on any atom is 0.237 e. The van der Waals surface area contributed by atoms with Crippen LogP contribution in [0.3, 0.4) is 0 Å². The van der Waals surface area contributed by atoms with Gasteiger partial charge in [0.05, 0.1) is 11.5 Å². The molecule has 6 nitrogen and oxygen atoms in total. The minimum Gasteiger partial charge on any atom is -0.461 e. The second kappa shape index (κ2) is 8.95. The number of benzene rings is 2. The first kappa shape index (κ1) is 20.5. The van der Waals surface area contributed by atoms with Crippen molar-refractivity contribution in [3.63, 3.8) is 0 Å². The lowest BCUT2D eigenvalue weighted by Gasteiger charge is -2.14. The van der Waals surface area contributed by atoms with Crippen LogP contribution in [0.15, 0.2) is 76.5 Å². The van der Waals surface area contributed by atoms with Crippen LogP contribution in [-0.2, 0) is 4.79 Å². The lowest BCUT2D eigenvalue weighted by atomic mass is 10.3. The standard InChI is InChI=1S/C21H16Cl2N4O2S/c1-13(20(28)24-16-11-14(22)10-15(23)12-16)30-21-26-25-19(18-8-5-9-29-18)27(21)17-6-3-2-4-7-17/h2-13H,1H3,(H,24,28). The number of aromatic nitrogens is 3. The maximum atomic E-state index is 12.7. The molecule has 4 aromatic rings. The first-order valence-corrected chi connectivity index (χ1v) is 10.6. The first-order chi connectivity index (χ1) is 14.5. The molecular formula is C21H16Cl2N4O2S. The monoisotopic (exact) mass is 458 g/mol. The fraction of sp³-hybridized carbons (Fsp3) is 0.0952. The second-order valence-electron chi connectivity index (χ2n) is 6.36. The summed E-state index contributed by atoms with van der Waals surface area (Å²) in [6.45, 7) is 1.79. The van der Waals surface area contributed by atoms with E-state index < -0.39 is 5.25 Å². The van der Waals surface area contributed by atoms with Crippen LogP contribution in [0.25, 0.3) is 17.3 Å². The van der Waals surface area contributed by atoms with E-state index in [0.29, 0.717) is 32.5 Å². The van der Waals surface area contributed by atoms with E-state index in [2.05, 4.69) is 15.5 Å². The van der Waals surface area contributed by atoms with Gasteiger partial charge in [-0.25, -0.2) is 0 Å². The molecular weight excluding hydrogens is 443 g/mol. The summed E-state index contributed by atoms with van der Waals surface area (Å²) >= 11 is 13.3. The Kier molecular flexibility index (Phi) is 6.13. The van der Waals surface area contributed by atoms with E-state index in [-0.39, 0.29) is 5.91 Å². The summed E-state index contributed by atoms with van der Waals surface area (Å²) in [5.74, 6) is 0.937. The number of nitrogens with zero attached hydrogens (tertiary/aromatic N) is 3. The predicted molar refractivity (Wildman–Crippen MR) is 119 cm³/mol.